The second-order valence-electron chi connectivity index (χ2n) is 9.49. The van der Waals surface area contributed by atoms with Gasteiger partial charge in [-0.3, -0.25) is 0 Å². The smallest absolute Gasteiger partial charge is 0.0877 e. The van der Waals surface area contributed by atoms with E-state index in [1.165, 1.54) is 5.57 Å². The molecule has 0 aliphatic heterocycles. The number of fused-ring (bicyclic) bond motifs is 3. The van der Waals surface area contributed by atoms with Gasteiger partial charge in [-0.05, 0) is 49.4 Å². The van der Waals surface area contributed by atoms with Gasteiger partial charge in [-0.25, -0.2) is 0 Å². The Kier molecular flexibility index (Phi) is 4.87. The maximum Gasteiger partial charge on any atom is 0.0877 e. The molecule has 5 heteroatoms. The molecule has 3 aliphatic carbocycles. The number of rotatable bonds is 3. The largest absolute Gasteiger partial charge is 0.396 e. The van der Waals surface area contributed by atoms with Crippen molar-refractivity contribution in [2.45, 2.75) is 71.2 Å². The summed E-state index contributed by atoms with van der Waals surface area (Å²) in [5.74, 6) is 0.441. The molecule has 5 nitrogen and oxygen atoms in total. The third-order valence-electron chi connectivity index (χ3n) is 8.01. The molecule has 25 heavy (non-hydrogen) atoms. The summed E-state index contributed by atoms with van der Waals surface area (Å²) in [6.45, 7) is 5.74. The van der Waals surface area contributed by atoms with E-state index in [0.717, 1.165) is 25.7 Å². The Morgan fingerprint density at radius 1 is 1.16 bits per heavy atom. The highest BCUT2D eigenvalue weighted by Gasteiger charge is 2.61. The highest BCUT2D eigenvalue weighted by atomic mass is 16.3. The van der Waals surface area contributed by atoms with Crippen LogP contribution in [0.2, 0.25) is 0 Å². The molecule has 8 atom stereocenters. The first-order chi connectivity index (χ1) is 11.6. The first kappa shape index (κ1) is 19.3. The molecule has 3 rings (SSSR count). The fraction of sp³-hybridized carbons (Fsp3) is 0.900. The molecule has 0 aromatic carbocycles. The standard InChI is InChI=1S/C20H34O5/c1-18(16(24)10-21)7-6-13-12(8-18)4-5-15-19(13,2)9-14(23)17(25)20(15,3)11-22/h8,13-17,21-25H,4-7,9-11H2,1-3H3/t13-,14+,15+,16?,17-,18+,19+,20+/m0/s1. The van der Waals surface area contributed by atoms with Crippen LogP contribution in [0.5, 0.6) is 0 Å². The van der Waals surface area contributed by atoms with Crippen LogP contribution in [0.1, 0.15) is 52.9 Å². The minimum atomic E-state index is -0.897. The molecule has 144 valence electrons. The summed E-state index contributed by atoms with van der Waals surface area (Å²) >= 11 is 0. The van der Waals surface area contributed by atoms with Crippen LogP contribution >= 0.6 is 0 Å². The normalized spacial score (nSPS) is 51.3. The molecule has 2 saturated carbocycles. The van der Waals surface area contributed by atoms with E-state index in [4.69, 9.17) is 0 Å². The van der Waals surface area contributed by atoms with Gasteiger partial charge in [0.05, 0.1) is 31.5 Å². The van der Waals surface area contributed by atoms with Crippen LogP contribution in [0.15, 0.2) is 11.6 Å². The van der Waals surface area contributed by atoms with E-state index >= 15 is 0 Å². The lowest BCUT2D eigenvalue weighted by molar-refractivity contribution is -0.201. The molecule has 0 aromatic rings. The Labute approximate surface area is 150 Å². The summed E-state index contributed by atoms with van der Waals surface area (Å²) in [7, 11) is 0. The fourth-order valence-electron chi connectivity index (χ4n) is 6.37. The number of aliphatic hydroxyl groups excluding tert-OH is 5. The summed E-state index contributed by atoms with van der Waals surface area (Å²) in [5.41, 5.74) is 0.0372. The van der Waals surface area contributed by atoms with E-state index in [-0.39, 0.29) is 24.5 Å². The third-order valence-corrected chi connectivity index (χ3v) is 8.01. The van der Waals surface area contributed by atoms with Crippen molar-refractivity contribution in [3.63, 3.8) is 0 Å². The second-order valence-corrected chi connectivity index (χ2v) is 9.49. The minimum absolute atomic E-state index is 0.127. The maximum atomic E-state index is 10.5. The summed E-state index contributed by atoms with van der Waals surface area (Å²) in [6, 6.07) is 0. The number of aliphatic hydroxyl groups is 5. The molecule has 2 fully saturated rings. The van der Waals surface area contributed by atoms with Crippen LogP contribution in [0.25, 0.3) is 0 Å². The zero-order valence-electron chi connectivity index (χ0n) is 15.6. The van der Waals surface area contributed by atoms with Gasteiger partial charge in [-0.15, -0.1) is 0 Å². The van der Waals surface area contributed by atoms with Crippen molar-refractivity contribution >= 4 is 0 Å². The van der Waals surface area contributed by atoms with Crippen molar-refractivity contribution in [1.82, 2.24) is 0 Å². The number of allylic oxidation sites excluding steroid dienone is 1. The first-order valence-electron chi connectivity index (χ1n) is 9.60. The summed E-state index contributed by atoms with van der Waals surface area (Å²) < 4.78 is 0. The van der Waals surface area contributed by atoms with Gasteiger partial charge >= 0.3 is 0 Å². The van der Waals surface area contributed by atoms with Gasteiger partial charge in [-0.2, -0.15) is 0 Å². The van der Waals surface area contributed by atoms with E-state index < -0.39 is 29.1 Å². The maximum absolute atomic E-state index is 10.5. The summed E-state index contributed by atoms with van der Waals surface area (Å²) in [4.78, 5) is 0. The Morgan fingerprint density at radius 3 is 2.44 bits per heavy atom. The Balaban J connectivity index is 1.98. The predicted octanol–water partition coefficient (Wildman–Crippen LogP) is 1.22. The zero-order chi connectivity index (χ0) is 18.6. The molecule has 3 aliphatic rings. The predicted molar refractivity (Wildman–Crippen MR) is 94.7 cm³/mol. The lowest BCUT2D eigenvalue weighted by atomic mass is 9.44. The van der Waals surface area contributed by atoms with Crippen molar-refractivity contribution in [3.05, 3.63) is 11.6 Å². The lowest BCUT2D eigenvalue weighted by Gasteiger charge is -2.62. The van der Waals surface area contributed by atoms with Crippen LogP contribution in [0.3, 0.4) is 0 Å². The third kappa shape index (κ3) is 2.71. The van der Waals surface area contributed by atoms with Crippen molar-refractivity contribution in [2.75, 3.05) is 13.2 Å². The van der Waals surface area contributed by atoms with Crippen LogP contribution in [-0.4, -0.2) is 57.1 Å². The molecular formula is C20H34O5. The molecule has 0 amide bonds. The van der Waals surface area contributed by atoms with Gasteiger partial charge in [0.15, 0.2) is 0 Å². The fourth-order valence-corrected chi connectivity index (χ4v) is 6.37. The van der Waals surface area contributed by atoms with Crippen molar-refractivity contribution in [3.8, 4) is 0 Å². The van der Waals surface area contributed by atoms with E-state index in [2.05, 4.69) is 13.0 Å². The van der Waals surface area contributed by atoms with Gasteiger partial charge < -0.3 is 25.5 Å². The first-order valence-corrected chi connectivity index (χ1v) is 9.60. The Bertz CT molecular complexity index is 548. The van der Waals surface area contributed by atoms with Gasteiger partial charge in [0.2, 0.25) is 0 Å². The Hall–Kier alpha value is -0.460. The van der Waals surface area contributed by atoms with E-state index in [1.807, 2.05) is 13.8 Å². The SMILES string of the molecule is C[C@]12C[C@@H](O)[C@H](O)[C@](C)(CO)[C@@H]1CCC1=C[C@](C)(C(O)CO)CC[C@@H]12. The van der Waals surface area contributed by atoms with Gasteiger partial charge in [0.25, 0.3) is 0 Å². The second kappa shape index (κ2) is 6.31. The molecule has 0 bridgehead atoms. The number of hydrogen-bond donors (Lipinski definition) is 5. The minimum Gasteiger partial charge on any atom is -0.396 e. The lowest BCUT2D eigenvalue weighted by Crippen LogP contribution is -2.62. The van der Waals surface area contributed by atoms with Crippen molar-refractivity contribution in [2.24, 2.45) is 28.1 Å². The van der Waals surface area contributed by atoms with Crippen LogP contribution < -0.4 is 0 Å². The molecule has 0 radical (unpaired) electrons. The van der Waals surface area contributed by atoms with Gasteiger partial charge in [0, 0.05) is 10.8 Å². The summed E-state index contributed by atoms with van der Waals surface area (Å²) in [6.07, 6.45) is 3.67. The molecule has 0 saturated heterocycles. The van der Waals surface area contributed by atoms with E-state index in [0.29, 0.717) is 12.3 Å². The molecule has 0 heterocycles. The molecule has 0 spiro atoms. The summed E-state index contributed by atoms with van der Waals surface area (Å²) in [5, 5.41) is 50.7. The molecule has 0 aromatic heterocycles. The Morgan fingerprint density at radius 2 is 1.84 bits per heavy atom. The average Bonchev–Trinajstić information content (AvgIpc) is 2.58. The van der Waals surface area contributed by atoms with Gasteiger partial charge in [0.1, 0.15) is 0 Å². The zero-order valence-corrected chi connectivity index (χ0v) is 15.6. The van der Waals surface area contributed by atoms with Crippen LogP contribution in [-0.2, 0) is 0 Å². The quantitative estimate of drug-likeness (QED) is 0.491. The van der Waals surface area contributed by atoms with Crippen molar-refractivity contribution < 1.29 is 25.5 Å². The average molecular weight is 354 g/mol. The number of hydrogen-bond acceptors (Lipinski definition) is 5. The molecule has 1 unspecified atom stereocenters. The van der Waals surface area contributed by atoms with Crippen LogP contribution in [0, 0.1) is 28.1 Å². The van der Waals surface area contributed by atoms with E-state index in [1.54, 1.807) is 0 Å². The van der Waals surface area contributed by atoms with Crippen molar-refractivity contribution in [1.29, 1.82) is 0 Å². The highest BCUT2D eigenvalue weighted by Crippen LogP contribution is 2.63. The molecular weight excluding hydrogens is 320 g/mol. The molecule has 5 N–H and O–H groups in total. The van der Waals surface area contributed by atoms with Crippen LogP contribution in [0.4, 0.5) is 0 Å². The highest BCUT2D eigenvalue weighted by molar-refractivity contribution is 5.26. The van der Waals surface area contributed by atoms with E-state index in [9.17, 15) is 25.5 Å². The topological polar surface area (TPSA) is 101 Å². The van der Waals surface area contributed by atoms with Gasteiger partial charge in [-0.1, -0.05) is 32.4 Å². The monoisotopic (exact) mass is 354 g/mol.